The number of aromatic nitrogens is 2. The van der Waals surface area contributed by atoms with Gasteiger partial charge in [-0.05, 0) is 38.5 Å². The van der Waals surface area contributed by atoms with Gasteiger partial charge in [0.2, 0.25) is 23.8 Å². The summed E-state index contributed by atoms with van der Waals surface area (Å²) in [4.78, 5) is 32.3. The highest BCUT2D eigenvalue weighted by atomic mass is 19.3. The molecule has 2 atom stereocenters. The monoisotopic (exact) mass is 470 g/mol. The van der Waals surface area contributed by atoms with Gasteiger partial charge < -0.3 is 14.2 Å². The van der Waals surface area contributed by atoms with Crippen LogP contribution in [-0.2, 0) is 14.3 Å². The molecular formula is C21H22F4N4O4. The molecule has 3 heterocycles. The van der Waals surface area contributed by atoms with Crippen LogP contribution in [0.3, 0.4) is 0 Å². The molecule has 2 aromatic rings. The highest BCUT2D eigenvalue weighted by Gasteiger charge is 2.44. The van der Waals surface area contributed by atoms with E-state index < -0.39 is 41.7 Å². The van der Waals surface area contributed by atoms with Crippen LogP contribution in [0.5, 0.6) is 0 Å². The van der Waals surface area contributed by atoms with Crippen LogP contribution in [0.2, 0.25) is 0 Å². The maximum atomic E-state index is 14.9. The van der Waals surface area contributed by atoms with E-state index in [2.05, 4.69) is 14.7 Å². The van der Waals surface area contributed by atoms with Gasteiger partial charge in [-0.1, -0.05) is 5.16 Å². The molecule has 0 aliphatic carbocycles. The van der Waals surface area contributed by atoms with Crippen LogP contribution in [0.1, 0.15) is 38.8 Å². The zero-order chi connectivity index (χ0) is 23.9. The van der Waals surface area contributed by atoms with Gasteiger partial charge in [0.1, 0.15) is 11.9 Å². The molecule has 1 unspecified atom stereocenters. The average Bonchev–Trinajstić information content (AvgIpc) is 3.39. The third-order valence-electron chi connectivity index (χ3n) is 5.78. The van der Waals surface area contributed by atoms with E-state index in [0.29, 0.717) is 19.8 Å². The molecule has 0 bridgehead atoms. The molecule has 8 nitrogen and oxygen atoms in total. The minimum Gasteiger partial charge on any atom is -0.377 e. The normalized spacial score (nSPS) is 21.7. The summed E-state index contributed by atoms with van der Waals surface area (Å²) in [6.07, 6.45) is -5.73. The smallest absolute Gasteiger partial charge is 0.278 e. The molecule has 0 radical (unpaired) electrons. The summed E-state index contributed by atoms with van der Waals surface area (Å²) in [5, 5.41) is 3.36. The third-order valence-corrected chi connectivity index (χ3v) is 5.78. The second-order valence-electron chi connectivity index (χ2n) is 8.53. The molecule has 178 valence electrons. The number of hydrogen-bond donors (Lipinski definition) is 0. The van der Waals surface area contributed by atoms with Crippen molar-refractivity contribution in [3.05, 3.63) is 29.9 Å². The Balaban J connectivity index is 1.60. The molecule has 0 N–H and O–H groups in total. The van der Waals surface area contributed by atoms with Crippen molar-refractivity contribution < 1.29 is 36.4 Å². The van der Waals surface area contributed by atoms with E-state index in [0.717, 1.165) is 6.07 Å². The van der Waals surface area contributed by atoms with Crippen LogP contribution in [0.4, 0.5) is 23.2 Å². The Labute approximate surface area is 186 Å². The van der Waals surface area contributed by atoms with Crippen LogP contribution >= 0.6 is 0 Å². The van der Waals surface area contributed by atoms with Gasteiger partial charge in [0.15, 0.2) is 0 Å². The maximum absolute atomic E-state index is 14.9. The molecule has 1 aromatic heterocycles. The van der Waals surface area contributed by atoms with Crippen LogP contribution < -0.4 is 4.90 Å². The second-order valence-corrected chi connectivity index (χ2v) is 8.53. The van der Waals surface area contributed by atoms with Crippen molar-refractivity contribution in [3.63, 3.8) is 0 Å². The number of nitrogens with zero attached hydrogens (tertiary/aromatic N) is 4. The van der Waals surface area contributed by atoms with Crippen LogP contribution in [0.15, 0.2) is 22.7 Å². The standard InChI is InChI=1S/C21H22F4N4O4/c1-21(2)10-32-8-7-28(21)20(31)14-5-6-15(30)29(14)11-3-4-12(13(22)9-11)18-26-19(33-27-18)16(23)17(24)25/h3-4,9,14,16-17H,5-8,10H2,1-2H3/t14-,16?/m0/s1. The number of hydrogen-bond acceptors (Lipinski definition) is 6. The maximum Gasteiger partial charge on any atom is 0.278 e. The number of anilines is 1. The number of halogens is 4. The molecule has 1 aromatic carbocycles. The number of carbonyl (C=O) groups is 2. The van der Waals surface area contributed by atoms with Gasteiger partial charge in [-0.25, -0.2) is 17.6 Å². The fourth-order valence-electron chi connectivity index (χ4n) is 4.09. The molecule has 33 heavy (non-hydrogen) atoms. The van der Waals surface area contributed by atoms with E-state index in [-0.39, 0.29) is 35.9 Å². The highest BCUT2D eigenvalue weighted by molar-refractivity contribution is 6.04. The van der Waals surface area contributed by atoms with Gasteiger partial charge >= 0.3 is 0 Å². The fourth-order valence-corrected chi connectivity index (χ4v) is 4.09. The first kappa shape index (κ1) is 23.1. The topological polar surface area (TPSA) is 88.8 Å². The first-order valence-corrected chi connectivity index (χ1v) is 10.4. The molecule has 2 fully saturated rings. The Morgan fingerprint density at radius 3 is 2.70 bits per heavy atom. The zero-order valence-electron chi connectivity index (χ0n) is 17.9. The largest absolute Gasteiger partial charge is 0.377 e. The van der Waals surface area contributed by atoms with Crippen LogP contribution in [0, 0.1) is 5.82 Å². The van der Waals surface area contributed by atoms with E-state index in [1.54, 1.807) is 4.90 Å². The average molecular weight is 470 g/mol. The number of morpholine rings is 1. The van der Waals surface area contributed by atoms with Gasteiger partial charge in [-0.15, -0.1) is 0 Å². The SMILES string of the molecule is CC1(C)COCCN1C(=O)[C@@H]1CCC(=O)N1c1ccc(-c2noc(C(F)C(F)F)n2)c(F)c1. The Bertz CT molecular complexity index is 1060. The molecule has 2 amide bonds. The predicted octanol–water partition coefficient (Wildman–Crippen LogP) is 3.28. The summed E-state index contributed by atoms with van der Waals surface area (Å²) in [5.74, 6) is -2.83. The predicted molar refractivity (Wildman–Crippen MR) is 107 cm³/mol. The number of ether oxygens (including phenoxy) is 1. The van der Waals surface area contributed by atoms with Gasteiger partial charge in [-0.2, -0.15) is 4.98 Å². The third kappa shape index (κ3) is 4.31. The Morgan fingerprint density at radius 1 is 1.27 bits per heavy atom. The van der Waals surface area contributed by atoms with Crippen molar-refractivity contribution in [2.75, 3.05) is 24.7 Å². The zero-order valence-corrected chi connectivity index (χ0v) is 17.9. The quantitative estimate of drug-likeness (QED) is 0.624. The van der Waals surface area contributed by atoms with Crippen molar-refractivity contribution in [1.82, 2.24) is 15.0 Å². The molecule has 2 aliphatic heterocycles. The van der Waals surface area contributed by atoms with Gasteiger partial charge in [-0.3, -0.25) is 14.5 Å². The number of rotatable bonds is 5. The first-order valence-electron chi connectivity index (χ1n) is 10.4. The van der Waals surface area contributed by atoms with E-state index >= 15 is 0 Å². The van der Waals surface area contributed by atoms with Crippen molar-refractivity contribution in [2.24, 2.45) is 0 Å². The lowest BCUT2D eigenvalue weighted by Gasteiger charge is -2.44. The van der Waals surface area contributed by atoms with E-state index in [4.69, 9.17) is 4.74 Å². The lowest BCUT2D eigenvalue weighted by molar-refractivity contribution is -0.147. The second kappa shape index (κ2) is 8.73. The van der Waals surface area contributed by atoms with E-state index in [1.165, 1.54) is 17.0 Å². The number of benzene rings is 1. The van der Waals surface area contributed by atoms with Crippen molar-refractivity contribution in [3.8, 4) is 11.4 Å². The molecule has 4 rings (SSSR count). The number of amides is 2. The minimum absolute atomic E-state index is 0.129. The van der Waals surface area contributed by atoms with E-state index in [9.17, 15) is 27.2 Å². The molecule has 0 saturated carbocycles. The first-order chi connectivity index (χ1) is 15.6. The van der Waals surface area contributed by atoms with Crippen molar-refractivity contribution >= 4 is 17.5 Å². The highest BCUT2D eigenvalue weighted by Crippen LogP contribution is 2.33. The number of alkyl halides is 3. The van der Waals surface area contributed by atoms with Crippen LogP contribution in [0.25, 0.3) is 11.4 Å². The summed E-state index contributed by atoms with van der Waals surface area (Å²) in [5.41, 5.74) is -0.619. The molecule has 2 aliphatic rings. The lowest BCUT2D eigenvalue weighted by Crippen LogP contribution is -2.60. The molecular weight excluding hydrogens is 448 g/mol. The summed E-state index contributed by atoms with van der Waals surface area (Å²) >= 11 is 0. The van der Waals surface area contributed by atoms with Crippen LogP contribution in [-0.4, -0.2) is 64.6 Å². The summed E-state index contributed by atoms with van der Waals surface area (Å²) in [7, 11) is 0. The lowest BCUT2D eigenvalue weighted by atomic mass is 10.0. The molecule has 2 saturated heterocycles. The Kier molecular flexibility index (Phi) is 6.12. The van der Waals surface area contributed by atoms with E-state index in [1.807, 2.05) is 13.8 Å². The molecule has 12 heteroatoms. The van der Waals surface area contributed by atoms with Crippen molar-refractivity contribution in [1.29, 1.82) is 0 Å². The van der Waals surface area contributed by atoms with Gasteiger partial charge in [0, 0.05) is 18.7 Å². The Hall–Kier alpha value is -3.02. The molecule has 0 spiro atoms. The van der Waals surface area contributed by atoms with Crippen molar-refractivity contribution in [2.45, 2.75) is 50.9 Å². The van der Waals surface area contributed by atoms with Gasteiger partial charge in [0.25, 0.3) is 12.3 Å². The number of carbonyl (C=O) groups excluding carboxylic acids is 2. The summed E-state index contributed by atoms with van der Waals surface area (Å²) in [6, 6.07) is 2.85. The fraction of sp³-hybridized carbons (Fsp3) is 0.524. The minimum atomic E-state index is -3.36. The summed E-state index contributed by atoms with van der Waals surface area (Å²) in [6.45, 7) is 4.87. The van der Waals surface area contributed by atoms with Gasteiger partial charge in [0.05, 0.1) is 24.3 Å². The Morgan fingerprint density at radius 2 is 2.03 bits per heavy atom. The summed E-state index contributed by atoms with van der Waals surface area (Å²) < 4.78 is 63.2.